The minimum absolute atomic E-state index is 0.0879. The molecule has 2 aromatic rings. The van der Waals surface area contributed by atoms with Crippen LogP contribution in [0.25, 0.3) is 0 Å². The van der Waals surface area contributed by atoms with E-state index in [4.69, 9.17) is 0 Å². The second-order valence-electron chi connectivity index (χ2n) is 6.65. The van der Waals surface area contributed by atoms with Gasteiger partial charge >= 0.3 is 12.0 Å². The van der Waals surface area contributed by atoms with Crippen LogP contribution in [0.3, 0.4) is 0 Å². The summed E-state index contributed by atoms with van der Waals surface area (Å²) in [5.74, 6) is -1.06. The Morgan fingerprint density at radius 3 is 2.30 bits per heavy atom. The number of nitrogens with one attached hydrogen (secondary N) is 2. The van der Waals surface area contributed by atoms with Gasteiger partial charge in [0.15, 0.2) is 0 Å². The summed E-state index contributed by atoms with van der Waals surface area (Å²) >= 11 is 0. The smallest absolute Gasteiger partial charge is 0.337 e. The number of anilines is 2. The Labute approximate surface area is 160 Å². The third kappa shape index (κ3) is 7.13. The number of aryl methyl sites for hydroxylation is 1. The van der Waals surface area contributed by atoms with Crippen molar-refractivity contribution >= 4 is 23.4 Å². The molecule has 0 aliphatic carbocycles. The first-order valence-corrected chi connectivity index (χ1v) is 9.59. The maximum Gasteiger partial charge on any atom is 0.337 e. The van der Waals surface area contributed by atoms with E-state index in [1.807, 2.05) is 24.3 Å². The lowest BCUT2D eigenvalue weighted by Crippen LogP contribution is -2.21. The van der Waals surface area contributed by atoms with Crippen LogP contribution in [-0.4, -0.2) is 17.1 Å². The Kier molecular flexibility index (Phi) is 8.36. The SMILES string of the molecule is CCCCCCCCc1ccc(C(=O)O)c(NC(=O)Nc2ccccc2)c1. The van der Waals surface area contributed by atoms with Crippen LogP contribution >= 0.6 is 0 Å². The van der Waals surface area contributed by atoms with Gasteiger partial charge in [-0.1, -0.05) is 63.3 Å². The van der Waals surface area contributed by atoms with Crippen molar-refractivity contribution in [3.8, 4) is 0 Å². The monoisotopic (exact) mass is 368 g/mol. The molecule has 5 nitrogen and oxygen atoms in total. The van der Waals surface area contributed by atoms with Crippen molar-refractivity contribution in [2.45, 2.75) is 51.9 Å². The van der Waals surface area contributed by atoms with Crippen LogP contribution in [-0.2, 0) is 6.42 Å². The van der Waals surface area contributed by atoms with Crippen molar-refractivity contribution in [3.63, 3.8) is 0 Å². The van der Waals surface area contributed by atoms with Gasteiger partial charge < -0.3 is 15.7 Å². The molecule has 2 rings (SSSR count). The molecule has 0 bridgehead atoms. The molecule has 27 heavy (non-hydrogen) atoms. The molecule has 3 N–H and O–H groups in total. The highest BCUT2D eigenvalue weighted by molar-refractivity contribution is 6.04. The van der Waals surface area contributed by atoms with Gasteiger partial charge in [-0.3, -0.25) is 0 Å². The molecule has 2 amide bonds. The molecule has 5 heteroatoms. The highest BCUT2D eigenvalue weighted by Gasteiger charge is 2.13. The summed E-state index contributed by atoms with van der Waals surface area (Å²) in [5, 5.41) is 14.8. The van der Waals surface area contributed by atoms with Crippen LogP contribution in [0.1, 0.15) is 61.4 Å². The molecule has 0 saturated heterocycles. The fourth-order valence-electron chi connectivity index (χ4n) is 2.95. The molecule has 144 valence electrons. The van der Waals surface area contributed by atoms with Crippen LogP contribution in [0.4, 0.5) is 16.2 Å². The number of amides is 2. The number of unbranched alkanes of at least 4 members (excludes halogenated alkanes) is 5. The highest BCUT2D eigenvalue weighted by Crippen LogP contribution is 2.20. The molecule has 0 atom stereocenters. The molecule has 0 aromatic heterocycles. The number of para-hydroxylation sites is 1. The van der Waals surface area contributed by atoms with Crippen molar-refractivity contribution in [2.75, 3.05) is 10.6 Å². The van der Waals surface area contributed by atoms with Gasteiger partial charge in [0.1, 0.15) is 0 Å². The Morgan fingerprint density at radius 2 is 1.59 bits per heavy atom. The number of benzene rings is 2. The lowest BCUT2D eigenvalue weighted by molar-refractivity contribution is 0.0698. The van der Waals surface area contributed by atoms with Gasteiger partial charge in [0, 0.05) is 5.69 Å². The minimum atomic E-state index is -1.06. The zero-order valence-corrected chi connectivity index (χ0v) is 15.8. The second-order valence-corrected chi connectivity index (χ2v) is 6.65. The molecule has 0 fully saturated rings. The number of aromatic carboxylic acids is 1. The first kappa shape index (κ1) is 20.5. The quantitative estimate of drug-likeness (QED) is 0.455. The Morgan fingerprint density at radius 1 is 0.889 bits per heavy atom. The lowest BCUT2D eigenvalue weighted by atomic mass is 10.0. The van der Waals surface area contributed by atoms with Crippen molar-refractivity contribution < 1.29 is 14.7 Å². The Hall–Kier alpha value is -2.82. The maximum absolute atomic E-state index is 12.2. The van der Waals surface area contributed by atoms with E-state index < -0.39 is 12.0 Å². The van der Waals surface area contributed by atoms with Crippen LogP contribution < -0.4 is 10.6 Å². The Bertz CT molecular complexity index is 744. The minimum Gasteiger partial charge on any atom is -0.478 e. The van der Waals surface area contributed by atoms with E-state index >= 15 is 0 Å². The molecule has 2 aromatic carbocycles. The summed E-state index contributed by atoms with van der Waals surface area (Å²) in [6.07, 6.45) is 8.10. The first-order valence-electron chi connectivity index (χ1n) is 9.59. The summed E-state index contributed by atoms with van der Waals surface area (Å²) in [6.45, 7) is 2.20. The second kappa shape index (κ2) is 11.0. The molecule has 0 aliphatic heterocycles. The first-order chi connectivity index (χ1) is 13.1. The normalized spacial score (nSPS) is 10.4. The van der Waals surface area contributed by atoms with E-state index in [0.717, 1.165) is 24.8 Å². The number of hydrogen-bond acceptors (Lipinski definition) is 2. The van der Waals surface area contributed by atoms with E-state index in [2.05, 4.69) is 17.6 Å². The van der Waals surface area contributed by atoms with Crippen LogP contribution in [0, 0.1) is 0 Å². The molecular formula is C22H28N2O3. The van der Waals surface area contributed by atoms with Gasteiger partial charge in [0.05, 0.1) is 11.3 Å². The van der Waals surface area contributed by atoms with E-state index in [0.29, 0.717) is 11.4 Å². The molecule has 0 unspecified atom stereocenters. The van der Waals surface area contributed by atoms with E-state index in [9.17, 15) is 14.7 Å². The predicted molar refractivity (Wildman–Crippen MR) is 110 cm³/mol. The fourth-order valence-corrected chi connectivity index (χ4v) is 2.95. The number of carbonyl (C=O) groups excluding carboxylic acids is 1. The van der Waals surface area contributed by atoms with Gasteiger partial charge in [-0.05, 0) is 42.7 Å². The molecule has 0 spiro atoms. The predicted octanol–water partition coefficient (Wildman–Crippen LogP) is 5.93. The third-order valence-electron chi connectivity index (χ3n) is 4.41. The van der Waals surface area contributed by atoms with E-state index in [1.54, 1.807) is 24.3 Å². The zero-order valence-electron chi connectivity index (χ0n) is 15.8. The highest BCUT2D eigenvalue weighted by atomic mass is 16.4. The molecule has 0 radical (unpaired) electrons. The topological polar surface area (TPSA) is 78.4 Å². The van der Waals surface area contributed by atoms with Crippen molar-refractivity contribution in [3.05, 3.63) is 59.7 Å². The fraction of sp³-hybridized carbons (Fsp3) is 0.364. The number of urea groups is 1. The van der Waals surface area contributed by atoms with Crippen LogP contribution in [0.2, 0.25) is 0 Å². The van der Waals surface area contributed by atoms with Gasteiger partial charge in [-0.15, -0.1) is 0 Å². The average Bonchev–Trinajstić information content (AvgIpc) is 2.65. The summed E-state index contributed by atoms with van der Waals surface area (Å²) < 4.78 is 0. The van der Waals surface area contributed by atoms with Crippen molar-refractivity contribution in [1.82, 2.24) is 0 Å². The van der Waals surface area contributed by atoms with E-state index in [1.165, 1.54) is 25.7 Å². The maximum atomic E-state index is 12.2. The van der Waals surface area contributed by atoms with Crippen LogP contribution in [0.5, 0.6) is 0 Å². The molecule has 0 saturated carbocycles. The van der Waals surface area contributed by atoms with Crippen LogP contribution in [0.15, 0.2) is 48.5 Å². The number of carbonyl (C=O) groups is 2. The zero-order chi connectivity index (χ0) is 19.5. The number of carboxylic acids is 1. The molecule has 0 aliphatic rings. The number of rotatable bonds is 10. The summed E-state index contributed by atoms with van der Waals surface area (Å²) in [4.78, 5) is 23.7. The standard InChI is InChI=1S/C22H28N2O3/c1-2-3-4-5-6-8-11-17-14-15-19(21(25)26)20(16-17)24-22(27)23-18-12-9-7-10-13-18/h7,9-10,12-16H,2-6,8,11H2,1H3,(H,25,26)(H2,23,24,27). The third-order valence-corrected chi connectivity index (χ3v) is 4.41. The van der Waals surface area contributed by atoms with Crippen molar-refractivity contribution in [1.29, 1.82) is 0 Å². The number of hydrogen-bond donors (Lipinski definition) is 3. The molecule has 0 heterocycles. The summed E-state index contributed by atoms with van der Waals surface area (Å²) in [7, 11) is 0. The Balaban J connectivity index is 1.97. The molecular weight excluding hydrogens is 340 g/mol. The van der Waals surface area contributed by atoms with Crippen molar-refractivity contribution in [2.24, 2.45) is 0 Å². The van der Waals surface area contributed by atoms with Gasteiger partial charge in [-0.2, -0.15) is 0 Å². The lowest BCUT2D eigenvalue weighted by Gasteiger charge is -2.12. The summed E-state index contributed by atoms with van der Waals surface area (Å²) in [6, 6.07) is 13.7. The largest absolute Gasteiger partial charge is 0.478 e. The average molecular weight is 368 g/mol. The van der Waals surface area contributed by atoms with E-state index in [-0.39, 0.29) is 5.56 Å². The number of carboxylic acid groups (broad SMARTS) is 1. The summed E-state index contributed by atoms with van der Waals surface area (Å²) in [5.41, 5.74) is 2.09. The van der Waals surface area contributed by atoms with Gasteiger partial charge in [0.2, 0.25) is 0 Å². The van der Waals surface area contributed by atoms with Gasteiger partial charge in [-0.25, -0.2) is 9.59 Å². The van der Waals surface area contributed by atoms with Gasteiger partial charge in [0.25, 0.3) is 0 Å².